The van der Waals surface area contributed by atoms with Gasteiger partial charge in [0.25, 0.3) is 0 Å². The molecule has 0 aromatic heterocycles. The van der Waals surface area contributed by atoms with Gasteiger partial charge in [-0.25, -0.2) is 0 Å². The molecule has 1 aliphatic heterocycles. The van der Waals surface area contributed by atoms with Crippen molar-refractivity contribution in [3.05, 3.63) is 23.9 Å². The predicted molar refractivity (Wildman–Crippen MR) is 39.4 cm³/mol. The Bertz CT molecular complexity index is 166. The monoisotopic (exact) mass is 122 g/mol. The first-order valence-corrected chi connectivity index (χ1v) is 3.02. The smallest absolute Gasteiger partial charge is 0.0535 e. The maximum atomic E-state index is 5.36. The molecule has 1 heterocycles. The number of nitrogens with zero attached hydrogens (tertiary/aromatic N) is 1. The zero-order valence-electron chi connectivity index (χ0n) is 5.25. The molecule has 0 saturated carbocycles. The van der Waals surface area contributed by atoms with E-state index in [1.54, 1.807) is 0 Å². The highest BCUT2D eigenvalue weighted by Gasteiger charge is 1.87. The van der Waals surface area contributed by atoms with Crippen LogP contribution in [0.3, 0.4) is 0 Å². The molecule has 0 saturated heterocycles. The largest absolute Gasteiger partial charge is 0.325 e. The molecule has 48 valence electrons. The van der Waals surface area contributed by atoms with Gasteiger partial charge in [0.05, 0.1) is 5.70 Å². The Morgan fingerprint density at radius 1 is 1.67 bits per heavy atom. The summed E-state index contributed by atoms with van der Waals surface area (Å²) in [6, 6.07) is 0. The van der Waals surface area contributed by atoms with Crippen molar-refractivity contribution in [2.24, 2.45) is 10.7 Å². The zero-order valence-corrected chi connectivity index (χ0v) is 5.25. The molecule has 1 aliphatic rings. The van der Waals surface area contributed by atoms with E-state index >= 15 is 0 Å². The molecule has 9 heavy (non-hydrogen) atoms. The van der Waals surface area contributed by atoms with Gasteiger partial charge < -0.3 is 5.73 Å². The highest BCUT2D eigenvalue weighted by Crippen LogP contribution is 1.98. The molecule has 0 bridgehead atoms. The summed E-state index contributed by atoms with van der Waals surface area (Å²) in [5.74, 6) is 0. The first-order valence-electron chi connectivity index (χ1n) is 3.02. The highest BCUT2D eigenvalue weighted by atomic mass is 14.8. The van der Waals surface area contributed by atoms with Crippen molar-refractivity contribution in [1.82, 2.24) is 0 Å². The fraction of sp³-hybridized carbons (Fsp3) is 0.286. The molecule has 0 aromatic rings. The summed E-state index contributed by atoms with van der Waals surface area (Å²) in [7, 11) is 0. The van der Waals surface area contributed by atoms with Gasteiger partial charge >= 0.3 is 0 Å². The summed E-state index contributed by atoms with van der Waals surface area (Å²) < 4.78 is 0. The van der Waals surface area contributed by atoms with E-state index in [9.17, 15) is 0 Å². The molecular weight excluding hydrogens is 112 g/mol. The topological polar surface area (TPSA) is 38.4 Å². The Morgan fingerprint density at radius 3 is 3.33 bits per heavy atom. The Balaban J connectivity index is 2.67. The number of allylic oxidation sites excluding steroid dienone is 3. The van der Waals surface area contributed by atoms with E-state index in [4.69, 9.17) is 5.73 Å². The standard InChI is InChI=1S/C7H10N2/c8-6-7-4-2-1-3-5-9-7/h1-2,4-5H,3,6,8H2. The van der Waals surface area contributed by atoms with E-state index in [0.717, 1.165) is 12.1 Å². The van der Waals surface area contributed by atoms with Crippen LogP contribution in [-0.4, -0.2) is 12.8 Å². The van der Waals surface area contributed by atoms with E-state index in [1.165, 1.54) is 0 Å². The van der Waals surface area contributed by atoms with Crippen LogP contribution in [0.1, 0.15) is 6.42 Å². The van der Waals surface area contributed by atoms with Crippen molar-refractivity contribution in [1.29, 1.82) is 0 Å². The third kappa shape index (κ3) is 1.82. The summed E-state index contributed by atoms with van der Waals surface area (Å²) in [6.45, 7) is 0.529. The van der Waals surface area contributed by atoms with Crippen LogP contribution in [0.5, 0.6) is 0 Å². The Morgan fingerprint density at radius 2 is 2.56 bits per heavy atom. The molecule has 2 nitrogen and oxygen atoms in total. The van der Waals surface area contributed by atoms with Gasteiger partial charge in [0.1, 0.15) is 0 Å². The molecule has 0 aromatic carbocycles. The van der Waals surface area contributed by atoms with Crippen molar-refractivity contribution >= 4 is 6.21 Å². The molecular formula is C7H10N2. The second-order valence-electron chi connectivity index (χ2n) is 1.84. The van der Waals surface area contributed by atoms with E-state index in [-0.39, 0.29) is 0 Å². The molecule has 1 rings (SSSR count). The van der Waals surface area contributed by atoms with Crippen molar-refractivity contribution in [2.45, 2.75) is 6.42 Å². The SMILES string of the molecule is NCC1=CC=CCC=N1. The van der Waals surface area contributed by atoms with Crippen LogP contribution in [-0.2, 0) is 0 Å². The summed E-state index contributed by atoms with van der Waals surface area (Å²) in [6.07, 6.45) is 8.74. The van der Waals surface area contributed by atoms with Crippen LogP contribution < -0.4 is 5.73 Å². The summed E-state index contributed by atoms with van der Waals surface area (Å²) in [5.41, 5.74) is 6.30. The van der Waals surface area contributed by atoms with Gasteiger partial charge in [-0.1, -0.05) is 12.2 Å². The van der Waals surface area contributed by atoms with Gasteiger partial charge in [-0.15, -0.1) is 0 Å². The van der Waals surface area contributed by atoms with Crippen LogP contribution in [0.25, 0.3) is 0 Å². The molecule has 0 radical (unpaired) electrons. The second-order valence-corrected chi connectivity index (χ2v) is 1.84. The minimum Gasteiger partial charge on any atom is -0.325 e. The van der Waals surface area contributed by atoms with Crippen molar-refractivity contribution in [3.63, 3.8) is 0 Å². The summed E-state index contributed by atoms with van der Waals surface area (Å²) >= 11 is 0. The van der Waals surface area contributed by atoms with Gasteiger partial charge in [0.15, 0.2) is 0 Å². The number of aliphatic imine (C=N–C) groups is 1. The molecule has 0 spiro atoms. The average molecular weight is 122 g/mol. The van der Waals surface area contributed by atoms with Crippen molar-refractivity contribution in [2.75, 3.05) is 6.54 Å². The van der Waals surface area contributed by atoms with Crippen LogP contribution >= 0.6 is 0 Å². The van der Waals surface area contributed by atoms with Gasteiger partial charge in [0.2, 0.25) is 0 Å². The molecule has 0 fully saturated rings. The molecule has 0 aliphatic carbocycles. The fourth-order valence-electron chi connectivity index (χ4n) is 0.652. The lowest BCUT2D eigenvalue weighted by Gasteiger charge is -1.89. The quantitative estimate of drug-likeness (QED) is 0.550. The number of hydrogen-bond acceptors (Lipinski definition) is 2. The first-order chi connectivity index (χ1) is 4.43. The van der Waals surface area contributed by atoms with Crippen molar-refractivity contribution in [3.8, 4) is 0 Å². The van der Waals surface area contributed by atoms with Crippen LogP contribution in [0.4, 0.5) is 0 Å². The normalized spacial score (nSPS) is 17.2. The maximum Gasteiger partial charge on any atom is 0.0535 e. The van der Waals surface area contributed by atoms with E-state index in [1.807, 2.05) is 24.4 Å². The van der Waals surface area contributed by atoms with Crippen LogP contribution in [0.15, 0.2) is 28.9 Å². The second kappa shape index (κ2) is 3.20. The molecule has 2 N–H and O–H groups in total. The van der Waals surface area contributed by atoms with Crippen molar-refractivity contribution < 1.29 is 0 Å². The number of rotatable bonds is 1. The van der Waals surface area contributed by atoms with E-state index in [0.29, 0.717) is 6.54 Å². The van der Waals surface area contributed by atoms with E-state index < -0.39 is 0 Å². The predicted octanol–water partition coefficient (Wildman–Crippen LogP) is 0.860. The highest BCUT2D eigenvalue weighted by molar-refractivity contribution is 5.62. The zero-order chi connectivity index (χ0) is 6.53. The number of nitrogens with two attached hydrogens (primary N) is 1. The third-order valence-corrected chi connectivity index (χ3v) is 1.13. The average Bonchev–Trinajstić information content (AvgIpc) is 2.13. The van der Waals surface area contributed by atoms with Gasteiger partial charge in [0, 0.05) is 19.2 Å². The molecule has 0 unspecified atom stereocenters. The Hall–Kier alpha value is -0.890. The lowest BCUT2D eigenvalue weighted by Crippen LogP contribution is -2.00. The first kappa shape index (κ1) is 6.23. The fourth-order valence-corrected chi connectivity index (χ4v) is 0.652. The summed E-state index contributed by atoms with van der Waals surface area (Å²) in [5, 5.41) is 0. The lowest BCUT2D eigenvalue weighted by molar-refractivity contribution is 1.11. The molecule has 2 heteroatoms. The minimum atomic E-state index is 0.529. The van der Waals surface area contributed by atoms with Crippen LogP contribution in [0.2, 0.25) is 0 Å². The number of hydrogen-bond donors (Lipinski definition) is 1. The minimum absolute atomic E-state index is 0.529. The molecule has 0 atom stereocenters. The van der Waals surface area contributed by atoms with Gasteiger partial charge in [-0.3, -0.25) is 4.99 Å². The van der Waals surface area contributed by atoms with E-state index in [2.05, 4.69) is 4.99 Å². The van der Waals surface area contributed by atoms with Gasteiger partial charge in [-0.05, 0) is 6.08 Å². The molecule has 0 amide bonds. The lowest BCUT2D eigenvalue weighted by atomic mass is 10.4. The third-order valence-electron chi connectivity index (χ3n) is 1.13. The Kier molecular flexibility index (Phi) is 2.22. The summed E-state index contributed by atoms with van der Waals surface area (Å²) in [4.78, 5) is 4.09. The van der Waals surface area contributed by atoms with Crippen LogP contribution in [0, 0.1) is 0 Å². The van der Waals surface area contributed by atoms with Gasteiger partial charge in [-0.2, -0.15) is 0 Å². The Labute approximate surface area is 54.8 Å². The maximum absolute atomic E-state index is 5.36.